The van der Waals surface area contributed by atoms with Crippen LogP contribution in [0, 0.1) is 0 Å². The fraction of sp³-hybridized carbons (Fsp3) is 0.278. The number of hydrogen-bond acceptors (Lipinski definition) is 3. The van der Waals surface area contributed by atoms with Crippen molar-refractivity contribution in [3.63, 3.8) is 0 Å². The summed E-state index contributed by atoms with van der Waals surface area (Å²) < 4.78 is 0. The molecule has 23 heavy (non-hydrogen) atoms. The number of carbonyl (C=O) groups excluding carboxylic acids is 1. The smallest absolute Gasteiger partial charge is 0.223 e. The number of amides is 1. The minimum atomic E-state index is -0.833. The quantitative estimate of drug-likeness (QED) is 0.854. The standard InChI is InChI=1S/C18H21ClN2O2/c1-21(2)16-5-3-4-13(10-16)12-20-18(23)11-17(22)14-6-8-15(19)9-7-14/h3-10,17,22H,11-12H2,1-2H3,(H,20,23). The third-order valence-electron chi connectivity index (χ3n) is 3.55. The first-order valence-corrected chi connectivity index (χ1v) is 7.80. The summed E-state index contributed by atoms with van der Waals surface area (Å²) in [4.78, 5) is 14.0. The highest BCUT2D eigenvalue weighted by molar-refractivity contribution is 6.30. The van der Waals surface area contributed by atoms with Crippen molar-refractivity contribution in [1.82, 2.24) is 5.32 Å². The van der Waals surface area contributed by atoms with Crippen molar-refractivity contribution in [2.45, 2.75) is 19.1 Å². The van der Waals surface area contributed by atoms with Crippen LogP contribution in [0.15, 0.2) is 48.5 Å². The molecule has 1 atom stereocenters. The fourth-order valence-corrected chi connectivity index (χ4v) is 2.32. The minimum Gasteiger partial charge on any atom is -0.388 e. The Labute approximate surface area is 141 Å². The second-order valence-electron chi connectivity index (χ2n) is 5.61. The van der Waals surface area contributed by atoms with Crippen LogP contribution in [-0.2, 0) is 11.3 Å². The zero-order valence-electron chi connectivity index (χ0n) is 13.3. The van der Waals surface area contributed by atoms with Gasteiger partial charge in [0.05, 0.1) is 12.5 Å². The van der Waals surface area contributed by atoms with Crippen LogP contribution >= 0.6 is 11.6 Å². The molecule has 0 aliphatic rings. The van der Waals surface area contributed by atoms with Gasteiger partial charge in [0.1, 0.15) is 0 Å². The lowest BCUT2D eigenvalue weighted by Gasteiger charge is -2.14. The Hall–Kier alpha value is -2.04. The molecule has 1 unspecified atom stereocenters. The van der Waals surface area contributed by atoms with Crippen LogP contribution < -0.4 is 10.2 Å². The number of rotatable bonds is 6. The molecule has 2 aromatic carbocycles. The molecule has 0 spiro atoms. The molecule has 0 aliphatic heterocycles. The van der Waals surface area contributed by atoms with Crippen LogP contribution in [0.25, 0.3) is 0 Å². The van der Waals surface area contributed by atoms with Crippen LogP contribution in [0.5, 0.6) is 0 Å². The summed E-state index contributed by atoms with van der Waals surface area (Å²) in [6, 6.07) is 14.8. The number of aliphatic hydroxyl groups excluding tert-OH is 1. The van der Waals surface area contributed by atoms with Gasteiger partial charge in [0.25, 0.3) is 0 Å². The van der Waals surface area contributed by atoms with Gasteiger partial charge in [0, 0.05) is 31.4 Å². The summed E-state index contributed by atoms with van der Waals surface area (Å²) in [5.41, 5.74) is 2.78. The number of aliphatic hydroxyl groups is 1. The first kappa shape index (κ1) is 17.3. The number of nitrogens with one attached hydrogen (secondary N) is 1. The number of hydrogen-bond donors (Lipinski definition) is 2. The van der Waals surface area contributed by atoms with E-state index in [-0.39, 0.29) is 12.3 Å². The van der Waals surface area contributed by atoms with E-state index in [2.05, 4.69) is 5.32 Å². The summed E-state index contributed by atoms with van der Waals surface area (Å²) in [6.45, 7) is 0.438. The van der Waals surface area contributed by atoms with Crippen molar-refractivity contribution in [3.05, 3.63) is 64.7 Å². The second kappa shape index (κ2) is 7.99. The van der Waals surface area contributed by atoms with Gasteiger partial charge in [-0.3, -0.25) is 4.79 Å². The van der Waals surface area contributed by atoms with E-state index in [4.69, 9.17) is 11.6 Å². The molecule has 4 nitrogen and oxygen atoms in total. The average molecular weight is 333 g/mol. The molecular weight excluding hydrogens is 312 g/mol. The molecule has 2 N–H and O–H groups in total. The van der Waals surface area contributed by atoms with Gasteiger partial charge in [-0.2, -0.15) is 0 Å². The fourth-order valence-electron chi connectivity index (χ4n) is 2.20. The average Bonchev–Trinajstić information content (AvgIpc) is 2.53. The van der Waals surface area contributed by atoms with E-state index in [1.165, 1.54) is 0 Å². The molecule has 0 aromatic heterocycles. The van der Waals surface area contributed by atoms with Crippen LogP contribution in [0.4, 0.5) is 5.69 Å². The molecule has 0 bridgehead atoms. The van der Waals surface area contributed by atoms with E-state index < -0.39 is 6.10 Å². The topological polar surface area (TPSA) is 52.6 Å². The predicted molar refractivity (Wildman–Crippen MR) is 93.6 cm³/mol. The molecule has 0 saturated carbocycles. The van der Waals surface area contributed by atoms with E-state index in [0.29, 0.717) is 17.1 Å². The molecule has 2 rings (SSSR count). The first-order valence-electron chi connectivity index (χ1n) is 7.42. The Bertz CT molecular complexity index is 656. The van der Waals surface area contributed by atoms with Gasteiger partial charge >= 0.3 is 0 Å². The van der Waals surface area contributed by atoms with Gasteiger partial charge in [-0.05, 0) is 35.4 Å². The number of carbonyl (C=O) groups is 1. The predicted octanol–water partition coefficient (Wildman–Crippen LogP) is 3.15. The Morgan fingerprint density at radius 3 is 2.57 bits per heavy atom. The summed E-state index contributed by atoms with van der Waals surface area (Å²) in [5.74, 6) is -0.192. The number of nitrogens with zero attached hydrogens (tertiary/aromatic N) is 1. The van der Waals surface area contributed by atoms with Crippen molar-refractivity contribution in [1.29, 1.82) is 0 Å². The molecule has 1 amide bonds. The molecular formula is C18H21ClN2O2. The van der Waals surface area contributed by atoms with E-state index in [9.17, 15) is 9.90 Å². The van der Waals surface area contributed by atoms with Crippen molar-refractivity contribution in [3.8, 4) is 0 Å². The largest absolute Gasteiger partial charge is 0.388 e. The summed E-state index contributed by atoms with van der Waals surface area (Å²) in [6.07, 6.45) is -0.810. The van der Waals surface area contributed by atoms with E-state index in [1.807, 2.05) is 43.3 Å². The monoisotopic (exact) mass is 332 g/mol. The zero-order chi connectivity index (χ0) is 16.8. The van der Waals surface area contributed by atoms with Crippen molar-refractivity contribution in [2.75, 3.05) is 19.0 Å². The molecule has 2 aromatic rings. The highest BCUT2D eigenvalue weighted by Crippen LogP contribution is 2.19. The molecule has 0 saturated heterocycles. The van der Waals surface area contributed by atoms with Gasteiger partial charge < -0.3 is 15.3 Å². The van der Waals surface area contributed by atoms with Crippen LogP contribution in [0.2, 0.25) is 5.02 Å². The molecule has 0 heterocycles. The minimum absolute atomic E-state index is 0.0228. The maximum Gasteiger partial charge on any atom is 0.223 e. The first-order chi connectivity index (χ1) is 11.0. The van der Waals surface area contributed by atoms with Gasteiger partial charge in [0.15, 0.2) is 0 Å². The number of benzene rings is 2. The molecule has 0 fully saturated rings. The van der Waals surface area contributed by atoms with E-state index >= 15 is 0 Å². The lowest BCUT2D eigenvalue weighted by Crippen LogP contribution is -2.24. The van der Waals surface area contributed by atoms with Gasteiger partial charge in [-0.25, -0.2) is 0 Å². The number of anilines is 1. The van der Waals surface area contributed by atoms with Gasteiger partial charge in [0.2, 0.25) is 5.91 Å². The highest BCUT2D eigenvalue weighted by Gasteiger charge is 2.12. The molecule has 5 heteroatoms. The summed E-state index contributed by atoms with van der Waals surface area (Å²) in [7, 11) is 3.94. The van der Waals surface area contributed by atoms with Gasteiger partial charge in [-0.15, -0.1) is 0 Å². The SMILES string of the molecule is CN(C)c1cccc(CNC(=O)CC(O)c2ccc(Cl)cc2)c1. The number of halogens is 1. The lowest BCUT2D eigenvalue weighted by molar-refractivity contribution is -0.123. The lowest BCUT2D eigenvalue weighted by atomic mass is 10.1. The van der Waals surface area contributed by atoms with Crippen LogP contribution in [0.3, 0.4) is 0 Å². The summed E-state index contributed by atoms with van der Waals surface area (Å²) >= 11 is 5.81. The highest BCUT2D eigenvalue weighted by atomic mass is 35.5. The van der Waals surface area contributed by atoms with E-state index in [0.717, 1.165) is 11.3 Å². The third-order valence-corrected chi connectivity index (χ3v) is 3.80. The van der Waals surface area contributed by atoms with Crippen molar-refractivity contribution >= 4 is 23.2 Å². The zero-order valence-corrected chi connectivity index (χ0v) is 14.0. The third kappa shape index (κ3) is 5.27. The Balaban J connectivity index is 1.87. The van der Waals surface area contributed by atoms with Crippen molar-refractivity contribution in [2.24, 2.45) is 0 Å². The Morgan fingerprint density at radius 2 is 1.91 bits per heavy atom. The van der Waals surface area contributed by atoms with Gasteiger partial charge in [-0.1, -0.05) is 35.9 Å². The molecule has 122 valence electrons. The maximum atomic E-state index is 12.0. The van der Waals surface area contributed by atoms with Crippen LogP contribution in [-0.4, -0.2) is 25.1 Å². The van der Waals surface area contributed by atoms with Crippen LogP contribution in [0.1, 0.15) is 23.7 Å². The van der Waals surface area contributed by atoms with Crippen molar-refractivity contribution < 1.29 is 9.90 Å². The summed E-state index contributed by atoms with van der Waals surface area (Å²) in [5, 5.41) is 13.5. The maximum absolute atomic E-state index is 12.0. The molecule has 0 radical (unpaired) electrons. The Kier molecular flexibility index (Phi) is 6.02. The second-order valence-corrected chi connectivity index (χ2v) is 6.05. The van der Waals surface area contributed by atoms with E-state index in [1.54, 1.807) is 24.3 Å². The normalized spacial score (nSPS) is 11.8. The Morgan fingerprint density at radius 1 is 1.22 bits per heavy atom. The molecule has 0 aliphatic carbocycles.